The molecule has 0 aromatic carbocycles. The van der Waals surface area contributed by atoms with Gasteiger partial charge in [-0.1, -0.05) is 13.3 Å². The third-order valence-electron chi connectivity index (χ3n) is 7.11. The van der Waals surface area contributed by atoms with Gasteiger partial charge in [-0.15, -0.1) is 0 Å². The molecule has 1 unspecified atom stereocenters. The molecule has 5 aliphatic rings. The van der Waals surface area contributed by atoms with Crippen molar-refractivity contribution in [1.82, 2.24) is 0 Å². The molecule has 18 heavy (non-hydrogen) atoms. The van der Waals surface area contributed by atoms with E-state index in [1.165, 1.54) is 25.7 Å². The first-order valence-corrected chi connectivity index (χ1v) is 8.47. The van der Waals surface area contributed by atoms with Gasteiger partial charge in [0.15, 0.2) is 0 Å². The first kappa shape index (κ1) is 11.8. The van der Waals surface area contributed by atoms with Crippen molar-refractivity contribution < 1.29 is 0 Å². The topological polar surface area (TPSA) is 26.0 Å². The Morgan fingerprint density at radius 1 is 1.00 bits per heavy atom. The molecule has 5 fully saturated rings. The maximum atomic E-state index is 6.50. The molecule has 5 aliphatic carbocycles. The summed E-state index contributed by atoms with van der Waals surface area (Å²) in [7, 11) is 0. The van der Waals surface area contributed by atoms with Crippen LogP contribution >= 0.6 is 0 Å². The van der Waals surface area contributed by atoms with E-state index in [1.54, 1.807) is 32.1 Å². The van der Waals surface area contributed by atoms with E-state index in [4.69, 9.17) is 5.73 Å². The maximum absolute atomic E-state index is 6.50. The van der Waals surface area contributed by atoms with Crippen LogP contribution in [-0.4, -0.2) is 5.54 Å². The van der Waals surface area contributed by atoms with E-state index in [2.05, 4.69) is 6.92 Å². The van der Waals surface area contributed by atoms with Crippen LogP contribution in [0, 0.1) is 35.5 Å². The lowest BCUT2D eigenvalue weighted by Gasteiger charge is -2.55. The van der Waals surface area contributed by atoms with Crippen LogP contribution in [0.4, 0.5) is 0 Å². The first-order chi connectivity index (χ1) is 8.68. The van der Waals surface area contributed by atoms with Crippen LogP contribution in [0.2, 0.25) is 0 Å². The highest BCUT2D eigenvalue weighted by Crippen LogP contribution is 2.59. The molecule has 0 radical (unpaired) electrons. The molecule has 1 nitrogen and oxygen atoms in total. The highest BCUT2D eigenvalue weighted by molar-refractivity contribution is 5.06. The summed E-state index contributed by atoms with van der Waals surface area (Å²) in [4.78, 5) is 0. The van der Waals surface area contributed by atoms with E-state index >= 15 is 0 Å². The Bertz CT molecular complexity index is 303. The average molecular weight is 247 g/mol. The molecule has 0 heterocycles. The molecule has 0 amide bonds. The van der Waals surface area contributed by atoms with Crippen LogP contribution in [0.5, 0.6) is 0 Å². The lowest BCUT2D eigenvalue weighted by atomic mass is 9.50. The van der Waals surface area contributed by atoms with Crippen molar-refractivity contribution in [3.63, 3.8) is 0 Å². The zero-order valence-electron chi connectivity index (χ0n) is 11.9. The zero-order chi connectivity index (χ0) is 12.3. The van der Waals surface area contributed by atoms with Gasteiger partial charge >= 0.3 is 0 Å². The summed E-state index contributed by atoms with van der Waals surface area (Å²) < 4.78 is 0. The van der Waals surface area contributed by atoms with Crippen LogP contribution in [-0.2, 0) is 0 Å². The molecule has 0 aliphatic heterocycles. The van der Waals surface area contributed by atoms with Crippen LogP contribution in [0.15, 0.2) is 0 Å². The Labute approximate surface area is 112 Å². The smallest absolute Gasteiger partial charge is 0.0184 e. The Hall–Kier alpha value is -0.0400. The van der Waals surface area contributed by atoms with Crippen molar-refractivity contribution >= 4 is 0 Å². The number of rotatable bonds is 4. The monoisotopic (exact) mass is 247 g/mol. The van der Waals surface area contributed by atoms with Gasteiger partial charge in [-0.25, -0.2) is 0 Å². The summed E-state index contributed by atoms with van der Waals surface area (Å²) in [5, 5.41) is 0. The second-order valence-electron chi connectivity index (χ2n) is 8.17. The van der Waals surface area contributed by atoms with Gasteiger partial charge in [-0.2, -0.15) is 0 Å². The summed E-state index contributed by atoms with van der Waals surface area (Å²) in [6.45, 7) is 2.37. The maximum Gasteiger partial charge on any atom is 0.0184 e. The third-order valence-corrected chi connectivity index (χ3v) is 7.11. The molecular formula is C17H29N. The second kappa shape index (κ2) is 3.98. The highest BCUT2D eigenvalue weighted by atomic mass is 14.8. The van der Waals surface area contributed by atoms with Gasteiger partial charge in [0.25, 0.3) is 0 Å². The van der Waals surface area contributed by atoms with Crippen molar-refractivity contribution in [2.24, 2.45) is 41.2 Å². The van der Waals surface area contributed by atoms with Gasteiger partial charge in [0.05, 0.1) is 0 Å². The van der Waals surface area contributed by atoms with Crippen molar-refractivity contribution in [2.75, 3.05) is 0 Å². The molecule has 5 rings (SSSR count). The summed E-state index contributed by atoms with van der Waals surface area (Å²) in [5.41, 5.74) is 6.77. The molecule has 0 aromatic heterocycles. The summed E-state index contributed by atoms with van der Waals surface area (Å²) >= 11 is 0. The zero-order valence-corrected chi connectivity index (χ0v) is 11.9. The minimum absolute atomic E-state index is 0.267. The van der Waals surface area contributed by atoms with E-state index in [9.17, 15) is 0 Å². The van der Waals surface area contributed by atoms with Crippen molar-refractivity contribution in [3.8, 4) is 0 Å². The van der Waals surface area contributed by atoms with Crippen molar-refractivity contribution in [1.29, 1.82) is 0 Å². The fourth-order valence-electron chi connectivity index (χ4n) is 6.11. The fraction of sp³-hybridized carbons (Fsp3) is 1.00. The fourth-order valence-corrected chi connectivity index (χ4v) is 6.11. The SMILES string of the molecule is CCC(CC1C2CC3CC(C2)CC1C3)C1(N)CC1. The molecule has 4 bridgehead atoms. The summed E-state index contributed by atoms with van der Waals surface area (Å²) in [6, 6.07) is 0. The highest BCUT2D eigenvalue weighted by Gasteiger charge is 2.51. The van der Waals surface area contributed by atoms with Crippen molar-refractivity contribution in [3.05, 3.63) is 0 Å². The van der Waals surface area contributed by atoms with Gasteiger partial charge in [0, 0.05) is 5.54 Å². The van der Waals surface area contributed by atoms with E-state index in [0.29, 0.717) is 0 Å². The minimum atomic E-state index is 0.267. The van der Waals surface area contributed by atoms with Gasteiger partial charge in [0.1, 0.15) is 0 Å². The number of hydrogen-bond donors (Lipinski definition) is 1. The molecule has 0 spiro atoms. The van der Waals surface area contributed by atoms with E-state index in [-0.39, 0.29) is 5.54 Å². The summed E-state index contributed by atoms with van der Waals surface area (Å²) in [5.74, 6) is 6.33. The minimum Gasteiger partial charge on any atom is -0.325 e. The largest absolute Gasteiger partial charge is 0.325 e. The molecule has 1 atom stereocenters. The first-order valence-electron chi connectivity index (χ1n) is 8.47. The molecule has 5 saturated carbocycles. The lowest BCUT2D eigenvalue weighted by molar-refractivity contribution is -0.0477. The van der Waals surface area contributed by atoms with Gasteiger partial charge in [-0.3, -0.25) is 0 Å². The predicted molar refractivity (Wildman–Crippen MR) is 75.1 cm³/mol. The van der Waals surface area contributed by atoms with E-state index in [0.717, 1.165) is 35.5 Å². The standard InChI is InChI=1S/C17H29N/c1-2-15(17(18)3-4-17)10-16-13-6-11-5-12(8-13)9-14(16)7-11/h11-16H,2-10,18H2,1H3. The van der Waals surface area contributed by atoms with Gasteiger partial charge in [-0.05, 0) is 86.9 Å². The molecule has 1 heteroatoms. The normalized spacial score (nSPS) is 49.3. The molecule has 0 saturated heterocycles. The van der Waals surface area contributed by atoms with Gasteiger partial charge < -0.3 is 5.73 Å². The molecule has 102 valence electrons. The average Bonchev–Trinajstić information content (AvgIpc) is 3.07. The van der Waals surface area contributed by atoms with E-state index in [1.807, 2.05) is 0 Å². The molecular weight excluding hydrogens is 218 g/mol. The Morgan fingerprint density at radius 2 is 1.56 bits per heavy atom. The number of nitrogens with two attached hydrogens (primary N) is 1. The number of hydrogen-bond acceptors (Lipinski definition) is 1. The van der Waals surface area contributed by atoms with Gasteiger partial charge in [0.2, 0.25) is 0 Å². The van der Waals surface area contributed by atoms with Crippen LogP contribution in [0.3, 0.4) is 0 Å². The van der Waals surface area contributed by atoms with Crippen LogP contribution in [0.1, 0.15) is 64.7 Å². The second-order valence-corrected chi connectivity index (χ2v) is 8.17. The van der Waals surface area contributed by atoms with Crippen LogP contribution < -0.4 is 5.73 Å². The van der Waals surface area contributed by atoms with E-state index < -0.39 is 0 Å². The quantitative estimate of drug-likeness (QED) is 0.799. The summed E-state index contributed by atoms with van der Waals surface area (Å²) in [6.07, 6.45) is 13.3. The third kappa shape index (κ3) is 1.77. The molecule has 0 aromatic rings. The Kier molecular flexibility index (Phi) is 2.60. The lowest BCUT2D eigenvalue weighted by Crippen LogP contribution is -2.47. The van der Waals surface area contributed by atoms with Crippen molar-refractivity contribution in [2.45, 2.75) is 70.3 Å². The predicted octanol–water partition coefficient (Wildman–Crippen LogP) is 3.97. The Morgan fingerprint density at radius 3 is 2.00 bits per heavy atom. The molecule has 2 N–H and O–H groups in total. The Balaban J connectivity index is 1.48. The van der Waals surface area contributed by atoms with Crippen LogP contribution in [0.25, 0.3) is 0 Å².